The standard InChI is InChI=1S/C9H14N2O2/c1-6-4-5-8(13-6)11(3)9(12)7(2)10/h4-5,7H,10H2,1-3H3. The first kappa shape index (κ1) is 9.80. The lowest BCUT2D eigenvalue weighted by atomic mass is 10.3. The van der Waals surface area contributed by atoms with Crippen LogP contribution in [0.1, 0.15) is 12.7 Å². The van der Waals surface area contributed by atoms with E-state index in [1.165, 1.54) is 4.90 Å². The number of hydrogen-bond donors (Lipinski definition) is 1. The maximum atomic E-state index is 11.4. The van der Waals surface area contributed by atoms with E-state index in [1.807, 2.05) is 6.92 Å². The third-order valence-electron chi connectivity index (χ3n) is 1.78. The lowest BCUT2D eigenvalue weighted by molar-refractivity contribution is -0.119. The Labute approximate surface area is 77.3 Å². The van der Waals surface area contributed by atoms with E-state index in [1.54, 1.807) is 26.1 Å². The van der Waals surface area contributed by atoms with Crippen LogP contribution in [0.3, 0.4) is 0 Å². The van der Waals surface area contributed by atoms with Gasteiger partial charge in [0.15, 0.2) is 0 Å². The summed E-state index contributed by atoms with van der Waals surface area (Å²) in [5, 5.41) is 0. The van der Waals surface area contributed by atoms with Crippen molar-refractivity contribution in [1.82, 2.24) is 0 Å². The van der Waals surface area contributed by atoms with Crippen molar-refractivity contribution < 1.29 is 9.21 Å². The predicted molar refractivity (Wildman–Crippen MR) is 50.5 cm³/mol. The van der Waals surface area contributed by atoms with Crippen LogP contribution in [-0.4, -0.2) is 19.0 Å². The van der Waals surface area contributed by atoms with E-state index in [0.29, 0.717) is 5.88 Å². The Hall–Kier alpha value is -1.29. The molecule has 0 spiro atoms. The molecule has 0 saturated heterocycles. The summed E-state index contributed by atoms with van der Waals surface area (Å²) >= 11 is 0. The monoisotopic (exact) mass is 182 g/mol. The normalized spacial score (nSPS) is 12.6. The zero-order chi connectivity index (χ0) is 10.0. The summed E-state index contributed by atoms with van der Waals surface area (Å²) < 4.78 is 5.27. The molecule has 0 saturated carbocycles. The quantitative estimate of drug-likeness (QED) is 0.739. The van der Waals surface area contributed by atoms with Gasteiger partial charge in [-0.2, -0.15) is 0 Å². The van der Waals surface area contributed by atoms with E-state index < -0.39 is 6.04 Å². The Balaban J connectivity index is 2.79. The van der Waals surface area contributed by atoms with Gasteiger partial charge in [0.05, 0.1) is 6.04 Å². The fourth-order valence-electron chi connectivity index (χ4n) is 1.02. The Kier molecular flexibility index (Phi) is 2.72. The zero-order valence-electron chi connectivity index (χ0n) is 8.07. The predicted octanol–water partition coefficient (Wildman–Crippen LogP) is 0.898. The molecule has 72 valence electrons. The SMILES string of the molecule is Cc1ccc(N(C)C(=O)C(C)N)o1. The Morgan fingerprint density at radius 2 is 2.23 bits per heavy atom. The minimum Gasteiger partial charge on any atom is -0.445 e. The van der Waals surface area contributed by atoms with Crippen molar-refractivity contribution in [1.29, 1.82) is 0 Å². The number of amides is 1. The lowest BCUT2D eigenvalue weighted by Crippen LogP contribution is -2.39. The van der Waals surface area contributed by atoms with E-state index in [9.17, 15) is 4.79 Å². The highest BCUT2D eigenvalue weighted by atomic mass is 16.4. The molecule has 1 aromatic rings. The van der Waals surface area contributed by atoms with Gasteiger partial charge < -0.3 is 10.2 Å². The summed E-state index contributed by atoms with van der Waals surface area (Å²) in [6, 6.07) is 3.05. The molecule has 0 bridgehead atoms. The van der Waals surface area contributed by atoms with Gasteiger partial charge in [0.2, 0.25) is 11.8 Å². The van der Waals surface area contributed by atoms with Crippen molar-refractivity contribution in [2.24, 2.45) is 5.73 Å². The molecule has 13 heavy (non-hydrogen) atoms. The van der Waals surface area contributed by atoms with Crippen LogP contribution in [0, 0.1) is 6.92 Å². The Bertz CT molecular complexity index is 304. The summed E-state index contributed by atoms with van der Waals surface area (Å²) in [7, 11) is 1.64. The smallest absolute Gasteiger partial charge is 0.245 e. The average Bonchev–Trinajstić information content (AvgIpc) is 2.49. The second kappa shape index (κ2) is 3.62. The molecule has 1 aromatic heterocycles. The highest BCUT2D eigenvalue weighted by Gasteiger charge is 2.16. The molecule has 0 aliphatic rings. The zero-order valence-corrected chi connectivity index (χ0v) is 8.07. The third kappa shape index (κ3) is 2.09. The van der Waals surface area contributed by atoms with Gasteiger partial charge in [-0.25, -0.2) is 0 Å². The summed E-state index contributed by atoms with van der Waals surface area (Å²) in [6.07, 6.45) is 0. The first-order valence-electron chi connectivity index (χ1n) is 4.12. The van der Waals surface area contributed by atoms with E-state index >= 15 is 0 Å². The maximum absolute atomic E-state index is 11.4. The van der Waals surface area contributed by atoms with Crippen molar-refractivity contribution in [2.45, 2.75) is 19.9 Å². The molecule has 1 amide bonds. The maximum Gasteiger partial charge on any atom is 0.245 e. The van der Waals surface area contributed by atoms with Gasteiger partial charge in [-0.15, -0.1) is 0 Å². The first-order chi connectivity index (χ1) is 6.02. The second-order valence-electron chi connectivity index (χ2n) is 3.07. The van der Waals surface area contributed by atoms with Gasteiger partial charge in [-0.1, -0.05) is 0 Å². The van der Waals surface area contributed by atoms with Crippen LogP contribution in [-0.2, 0) is 4.79 Å². The van der Waals surface area contributed by atoms with Gasteiger partial charge in [-0.3, -0.25) is 9.69 Å². The fraction of sp³-hybridized carbons (Fsp3) is 0.444. The molecule has 4 nitrogen and oxygen atoms in total. The fourth-order valence-corrected chi connectivity index (χ4v) is 1.02. The number of likely N-dealkylation sites (N-methyl/N-ethyl adjacent to an activating group) is 1. The molecule has 2 N–H and O–H groups in total. The Morgan fingerprint density at radius 1 is 1.62 bits per heavy atom. The molecule has 1 heterocycles. The first-order valence-corrected chi connectivity index (χ1v) is 4.12. The lowest BCUT2D eigenvalue weighted by Gasteiger charge is -2.15. The average molecular weight is 182 g/mol. The molecule has 0 aromatic carbocycles. The number of anilines is 1. The van der Waals surface area contributed by atoms with Gasteiger partial charge in [0, 0.05) is 13.1 Å². The van der Waals surface area contributed by atoms with Crippen LogP contribution < -0.4 is 10.6 Å². The molecule has 0 aliphatic carbocycles. The van der Waals surface area contributed by atoms with Crippen LogP contribution in [0.2, 0.25) is 0 Å². The number of nitrogens with two attached hydrogens (primary N) is 1. The van der Waals surface area contributed by atoms with E-state index in [-0.39, 0.29) is 5.91 Å². The number of hydrogen-bond acceptors (Lipinski definition) is 3. The molecular weight excluding hydrogens is 168 g/mol. The molecular formula is C9H14N2O2. The van der Waals surface area contributed by atoms with Crippen LogP contribution in [0.5, 0.6) is 0 Å². The van der Waals surface area contributed by atoms with Crippen LogP contribution >= 0.6 is 0 Å². The molecule has 0 radical (unpaired) electrons. The van der Waals surface area contributed by atoms with Gasteiger partial charge in [0.1, 0.15) is 5.76 Å². The van der Waals surface area contributed by atoms with Gasteiger partial charge >= 0.3 is 0 Å². The number of carbonyl (C=O) groups is 1. The van der Waals surface area contributed by atoms with Crippen molar-refractivity contribution in [3.05, 3.63) is 17.9 Å². The Morgan fingerprint density at radius 3 is 2.62 bits per heavy atom. The van der Waals surface area contributed by atoms with Crippen LogP contribution in [0.25, 0.3) is 0 Å². The molecule has 0 aliphatic heterocycles. The largest absolute Gasteiger partial charge is 0.445 e. The number of aryl methyl sites for hydroxylation is 1. The number of carbonyl (C=O) groups excluding carboxylic acids is 1. The van der Waals surface area contributed by atoms with Crippen molar-refractivity contribution in [3.63, 3.8) is 0 Å². The van der Waals surface area contributed by atoms with E-state index in [4.69, 9.17) is 10.2 Å². The van der Waals surface area contributed by atoms with Crippen LogP contribution in [0.4, 0.5) is 5.88 Å². The molecule has 0 fully saturated rings. The summed E-state index contributed by atoms with van der Waals surface area (Å²) in [5.41, 5.74) is 5.45. The van der Waals surface area contributed by atoms with Crippen molar-refractivity contribution >= 4 is 11.8 Å². The van der Waals surface area contributed by atoms with E-state index in [2.05, 4.69) is 0 Å². The summed E-state index contributed by atoms with van der Waals surface area (Å²) in [6.45, 7) is 3.47. The van der Waals surface area contributed by atoms with Crippen molar-refractivity contribution in [3.8, 4) is 0 Å². The number of furan rings is 1. The highest BCUT2D eigenvalue weighted by Crippen LogP contribution is 2.16. The minimum atomic E-state index is -0.504. The topological polar surface area (TPSA) is 59.5 Å². The molecule has 1 unspecified atom stereocenters. The summed E-state index contributed by atoms with van der Waals surface area (Å²) in [4.78, 5) is 12.8. The molecule has 1 atom stereocenters. The van der Waals surface area contributed by atoms with Crippen LogP contribution in [0.15, 0.2) is 16.5 Å². The van der Waals surface area contributed by atoms with Gasteiger partial charge in [-0.05, 0) is 19.9 Å². The third-order valence-corrected chi connectivity index (χ3v) is 1.78. The molecule has 4 heteroatoms. The summed E-state index contributed by atoms with van der Waals surface area (Å²) in [5.74, 6) is 1.15. The van der Waals surface area contributed by atoms with Gasteiger partial charge in [0.25, 0.3) is 0 Å². The number of rotatable bonds is 2. The number of nitrogens with zero attached hydrogens (tertiary/aromatic N) is 1. The minimum absolute atomic E-state index is 0.158. The molecule has 1 rings (SSSR count). The highest BCUT2D eigenvalue weighted by molar-refractivity contribution is 5.95. The van der Waals surface area contributed by atoms with Crippen molar-refractivity contribution in [2.75, 3.05) is 11.9 Å². The van der Waals surface area contributed by atoms with E-state index in [0.717, 1.165) is 5.76 Å². The second-order valence-corrected chi connectivity index (χ2v) is 3.07.